The molecule has 2 aromatic rings. The molecule has 1 aromatic heterocycles. The van der Waals surface area contributed by atoms with E-state index in [-0.39, 0.29) is 30.5 Å². The molecule has 1 aliphatic rings. The number of amides is 1. The van der Waals surface area contributed by atoms with Gasteiger partial charge in [0.1, 0.15) is 5.60 Å². The predicted molar refractivity (Wildman–Crippen MR) is 120 cm³/mol. The first-order valence-corrected chi connectivity index (χ1v) is 10.9. The Morgan fingerprint density at radius 1 is 1.30 bits per heavy atom. The zero-order valence-corrected chi connectivity index (χ0v) is 19.9. The standard InChI is InChI=1S/C23H30N4O6/c1-7-32-21(28)19-17-13-25(22(29)33-23(4,5)6)11-15(3)20(17)26(24-19)12-16-8-9-18(27(30)31)14(2)10-16/h8-10,15H,7,11-13H2,1-6H3. The first-order chi connectivity index (χ1) is 15.4. The van der Waals surface area contributed by atoms with Crippen LogP contribution in [0.1, 0.15) is 73.4 Å². The van der Waals surface area contributed by atoms with Gasteiger partial charge in [-0.15, -0.1) is 0 Å². The molecule has 1 aromatic carbocycles. The smallest absolute Gasteiger partial charge is 0.410 e. The monoisotopic (exact) mass is 458 g/mol. The van der Waals surface area contributed by atoms with E-state index in [2.05, 4.69) is 5.10 Å². The molecular weight excluding hydrogens is 428 g/mol. The van der Waals surface area contributed by atoms with E-state index < -0.39 is 22.6 Å². The third-order valence-corrected chi connectivity index (χ3v) is 5.31. The summed E-state index contributed by atoms with van der Waals surface area (Å²) in [4.78, 5) is 37.7. The highest BCUT2D eigenvalue weighted by Gasteiger charge is 2.36. The molecule has 0 aliphatic carbocycles. The summed E-state index contributed by atoms with van der Waals surface area (Å²) in [7, 11) is 0. The quantitative estimate of drug-likeness (QED) is 0.375. The number of benzene rings is 1. The molecule has 10 nitrogen and oxygen atoms in total. The lowest BCUT2D eigenvalue weighted by Crippen LogP contribution is -2.41. The number of nitro groups is 1. The lowest BCUT2D eigenvalue weighted by molar-refractivity contribution is -0.385. The summed E-state index contributed by atoms with van der Waals surface area (Å²) in [5.74, 6) is -0.665. The van der Waals surface area contributed by atoms with E-state index in [0.29, 0.717) is 24.2 Å². The van der Waals surface area contributed by atoms with E-state index >= 15 is 0 Å². The highest BCUT2D eigenvalue weighted by molar-refractivity contribution is 5.89. The molecule has 33 heavy (non-hydrogen) atoms. The number of rotatable bonds is 5. The second kappa shape index (κ2) is 9.21. The van der Waals surface area contributed by atoms with Crippen LogP contribution in [0.2, 0.25) is 0 Å². The maximum absolute atomic E-state index is 12.7. The van der Waals surface area contributed by atoms with Crippen LogP contribution in [0.5, 0.6) is 0 Å². The first kappa shape index (κ1) is 24.2. The van der Waals surface area contributed by atoms with Gasteiger partial charge in [0.05, 0.1) is 24.6 Å². The van der Waals surface area contributed by atoms with E-state index in [4.69, 9.17) is 9.47 Å². The predicted octanol–water partition coefficient (Wildman–Crippen LogP) is 4.18. The normalized spacial score (nSPS) is 15.7. The Hall–Kier alpha value is -3.43. The molecule has 10 heteroatoms. The Labute approximate surface area is 192 Å². The lowest BCUT2D eigenvalue weighted by Gasteiger charge is -2.33. The summed E-state index contributed by atoms with van der Waals surface area (Å²) < 4.78 is 12.5. The van der Waals surface area contributed by atoms with Gasteiger partial charge in [-0.25, -0.2) is 9.59 Å². The van der Waals surface area contributed by atoms with Crippen molar-refractivity contribution in [3.63, 3.8) is 0 Å². The van der Waals surface area contributed by atoms with Gasteiger partial charge in [0.15, 0.2) is 5.69 Å². The maximum Gasteiger partial charge on any atom is 0.410 e. The van der Waals surface area contributed by atoms with E-state index in [0.717, 1.165) is 11.3 Å². The van der Waals surface area contributed by atoms with Gasteiger partial charge in [-0.1, -0.05) is 13.0 Å². The molecule has 3 rings (SSSR count). The van der Waals surface area contributed by atoms with Gasteiger partial charge in [-0.2, -0.15) is 5.10 Å². The minimum Gasteiger partial charge on any atom is -0.461 e. The number of aromatic nitrogens is 2. The van der Waals surface area contributed by atoms with Crippen molar-refractivity contribution in [1.29, 1.82) is 0 Å². The number of ether oxygens (including phenoxy) is 2. The molecule has 1 aliphatic heterocycles. The van der Waals surface area contributed by atoms with Gasteiger partial charge < -0.3 is 14.4 Å². The van der Waals surface area contributed by atoms with Crippen molar-refractivity contribution in [1.82, 2.24) is 14.7 Å². The summed E-state index contributed by atoms with van der Waals surface area (Å²) in [6.07, 6.45) is -0.450. The third-order valence-electron chi connectivity index (χ3n) is 5.31. The van der Waals surface area contributed by atoms with Gasteiger partial charge in [0.25, 0.3) is 5.69 Å². The zero-order chi connectivity index (χ0) is 24.5. The van der Waals surface area contributed by atoms with Crippen molar-refractivity contribution in [3.8, 4) is 0 Å². The Morgan fingerprint density at radius 3 is 2.58 bits per heavy atom. The van der Waals surface area contributed by atoms with Crippen LogP contribution in [0.25, 0.3) is 0 Å². The SMILES string of the molecule is CCOC(=O)c1nn(Cc2ccc([N+](=O)[O-])c(C)c2)c2c1CN(C(=O)OC(C)(C)C)CC2C. The molecule has 0 N–H and O–H groups in total. The van der Waals surface area contributed by atoms with Crippen LogP contribution >= 0.6 is 0 Å². The Balaban J connectivity index is 1.99. The molecule has 0 bridgehead atoms. The van der Waals surface area contributed by atoms with Gasteiger partial charge in [0, 0.05) is 35.3 Å². The number of aryl methyl sites for hydroxylation is 1. The Kier molecular flexibility index (Phi) is 6.76. The van der Waals surface area contributed by atoms with Crippen LogP contribution in [0, 0.1) is 17.0 Å². The maximum atomic E-state index is 12.7. The molecule has 0 fully saturated rings. The second-order valence-corrected chi connectivity index (χ2v) is 9.23. The summed E-state index contributed by atoms with van der Waals surface area (Å²) >= 11 is 0. The third kappa shape index (κ3) is 5.32. The number of hydrogen-bond donors (Lipinski definition) is 0. The molecule has 1 amide bonds. The molecule has 0 saturated carbocycles. The van der Waals surface area contributed by atoms with E-state index in [1.807, 2.05) is 6.92 Å². The van der Waals surface area contributed by atoms with Crippen molar-refractivity contribution < 1.29 is 24.0 Å². The van der Waals surface area contributed by atoms with Crippen LogP contribution in [-0.4, -0.2) is 50.4 Å². The second-order valence-electron chi connectivity index (χ2n) is 9.23. The van der Waals surface area contributed by atoms with Crippen LogP contribution in [0.4, 0.5) is 10.5 Å². The summed E-state index contributed by atoms with van der Waals surface area (Å²) in [6.45, 7) is 11.9. The van der Waals surface area contributed by atoms with Crippen molar-refractivity contribution in [2.24, 2.45) is 0 Å². The number of nitrogens with zero attached hydrogens (tertiary/aromatic N) is 4. The largest absolute Gasteiger partial charge is 0.461 e. The van der Waals surface area contributed by atoms with Crippen LogP contribution < -0.4 is 0 Å². The highest BCUT2D eigenvalue weighted by Crippen LogP contribution is 2.32. The van der Waals surface area contributed by atoms with Crippen molar-refractivity contribution >= 4 is 17.7 Å². The Morgan fingerprint density at radius 2 is 2.00 bits per heavy atom. The topological polar surface area (TPSA) is 117 Å². The van der Waals surface area contributed by atoms with E-state index in [9.17, 15) is 19.7 Å². The molecular formula is C23H30N4O6. The van der Waals surface area contributed by atoms with Gasteiger partial charge in [-0.3, -0.25) is 14.8 Å². The summed E-state index contributed by atoms with van der Waals surface area (Å²) in [6, 6.07) is 4.90. The average molecular weight is 459 g/mol. The number of carbonyl (C=O) groups excluding carboxylic acids is 2. The number of nitro benzene ring substituents is 1. The fourth-order valence-corrected chi connectivity index (χ4v) is 4.04. The van der Waals surface area contributed by atoms with Crippen molar-refractivity contribution in [3.05, 3.63) is 56.4 Å². The molecule has 0 saturated heterocycles. The van der Waals surface area contributed by atoms with Gasteiger partial charge in [0.2, 0.25) is 0 Å². The average Bonchev–Trinajstić information content (AvgIpc) is 3.05. The van der Waals surface area contributed by atoms with Crippen molar-refractivity contribution in [2.45, 2.75) is 66.2 Å². The number of hydrogen-bond acceptors (Lipinski definition) is 7. The van der Waals surface area contributed by atoms with Crippen LogP contribution in [-0.2, 0) is 22.6 Å². The lowest BCUT2D eigenvalue weighted by atomic mass is 9.96. The summed E-state index contributed by atoms with van der Waals surface area (Å²) in [5.41, 5.74) is 2.43. The molecule has 178 valence electrons. The van der Waals surface area contributed by atoms with E-state index in [1.54, 1.807) is 56.3 Å². The number of esters is 1. The number of fused-ring (bicyclic) bond motifs is 1. The van der Waals surface area contributed by atoms with Crippen molar-refractivity contribution in [2.75, 3.05) is 13.2 Å². The highest BCUT2D eigenvalue weighted by atomic mass is 16.6. The summed E-state index contributed by atoms with van der Waals surface area (Å²) in [5, 5.41) is 15.7. The van der Waals surface area contributed by atoms with Gasteiger partial charge in [-0.05, 0) is 46.2 Å². The fraction of sp³-hybridized carbons (Fsp3) is 0.522. The fourth-order valence-electron chi connectivity index (χ4n) is 4.04. The molecule has 1 unspecified atom stereocenters. The minimum absolute atomic E-state index is 0.0508. The molecule has 0 radical (unpaired) electrons. The minimum atomic E-state index is -0.636. The van der Waals surface area contributed by atoms with Crippen LogP contribution in [0.3, 0.4) is 0 Å². The Bertz CT molecular complexity index is 1090. The zero-order valence-electron chi connectivity index (χ0n) is 19.9. The van der Waals surface area contributed by atoms with Crippen LogP contribution in [0.15, 0.2) is 18.2 Å². The van der Waals surface area contributed by atoms with E-state index in [1.165, 1.54) is 6.07 Å². The first-order valence-electron chi connectivity index (χ1n) is 10.9. The molecule has 2 heterocycles. The number of carbonyl (C=O) groups is 2. The van der Waals surface area contributed by atoms with Gasteiger partial charge >= 0.3 is 12.1 Å². The molecule has 0 spiro atoms. The molecule has 1 atom stereocenters.